The van der Waals surface area contributed by atoms with E-state index < -0.39 is 12.0 Å². The van der Waals surface area contributed by atoms with Crippen LogP contribution in [0, 0.1) is 5.82 Å². The molecular weight excluding hydrogens is 361 g/mol. The summed E-state index contributed by atoms with van der Waals surface area (Å²) in [6.07, 6.45) is 1.53. The van der Waals surface area contributed by atoms with Gasteiger partial charge >= 0.3 is 5.97 Å². The average molecular weight is 379 g/mol. The molecule has 0 aliphatic carbocycles. The molecule has 2 heterocycles. The van der Waals surface area contributed by atoms with Crippen molar-refractivity contribution in [1.29, 1.82) is 0 Å². The summed E-state index contributed by atoms with van der Waals surface area (Å²) < 4.78 is 28.8. The number of esters is 1. The summed E-state index contributed by atoms with van der Waals surface area (Å²) in [5, 5.41) is -0.337. The first-order chi connectivity index (χ1) is 12.6. The minimum Gasteiger partial charge on any atom is -0.490 e. The monoisotopic (exact) mass is 379 g/mol. The third-order valence-electron chi connectivity index (χ3n) is 3.83. The van der Waals surface area contributed by atoms with Crippen molar-refractivity contribution in [3.05, 3.63) is 54.2 Å². The molecule has 1 aliphatic rings. The second-order valence-corrected chi connectivity index (χ2v) is 6.73. The molecular formula is C18H18FNO5S. The van der Waals surface area contributed by atoms with Crippen molar-refractivity contribution in [2.45, 2.75) is 18.3 Å². The van der Waals surface area contributed by atoms with Crippen LogP contribution in [0.2, 0.25) is 0 Å². The molecule has 1 aromatic heterocycles. The number of hydrogen-bond donors (Lipinski definition) is 0. The first-order valence-corrected chi connectivity index (χ1v) is 9.10. The van der Waals surface area contributed by atoms with Gasteiger partial charge in [0, 0.05) is 12.7 Å². The highest BCUT2D eigenvalue weighted by Gasteiger charge is 2.43. The maximum Gasteiger partial charge on any atom is 0.329 e. The highest BCUT2D eigenvalue weighted by atomic mass is 32.2. The van der Waals surface area contributed by atoms with E-state index in [9.17, 15) is 14.0 Å². The van der Waals surface area contributed by atoms with Crippen LogP contribution in [0.5, 0.6) is 5.75 Å². The van der Waals surface area contributed by atoms with E-state index >= 15 is 0 Å². The maximum atomic E-state index is 12.8. The third kappa shape index (κ3) is 4.19. The van der Waals surface area contributed by atoms with Gasteiger partial charge in [-0.2, -0.15) is 0 Å². The Morgan fingerprint density at radius 1 is 1.27 bits per heavy atom. The van der Waals surface area contributed by atoms with E-state index in [0.29, 0.717) is 17.3 Å². The molecule has 0 unspecified atom stereocenters. The van der Waals surface area contributed by atoms with E-state index in [1.54, 1.807) is 12.1 Å². The number of furan rings is 1. The van der Waals surface area contributed by atoms with Crippen molar-refractivity contribution in [3.8, 4) is 5.75 Å². The Balaban J connectivity index is 1.52. The van der Waals surface area contributed by atoms with Crippen molar-refractivity contribution >= 4 is 23.6 Å². The number of halogens is 1. The summed E-state index contributed by atoms with van der Waals surface area (Å²) in [6.45, 7) is 1.59. The molecule has 26 heavy (non-hydrogen) atoms. The van der Waals surface area contributed by atoms with E-state index in [0.717, 1.165) is 0 Å². The number of nitrogens with zero attached hydrogens (tertiary/aromatic N) is 1. The van der Waals surface area contributed by atoms with Crippen molar-refractivity contribution in [1.82, 2.24) is 4.90 Å². The second-order valence-electron chi connectivity index (χ2n) is 5.61. The zero-order valence-electron chi connectivity index (χ0n) is 14.1. The highest BCUT2D eigenvalue weighted by Crippen LogP contribution is 2.41. The van der Waals surface area contributed by atoms with Crippen LogP contribution in [-0.4, -0.2) is 41.8 Å². The fourth-order valence-corrected chi connectivity index (χ4v) is 4.07. The SMILES string of the molecule is CC(=O)N1[C@@H](C(=O)OCCOc2ccc(F)cc2)CS[C@@H]1c1ccco1. The predicted octanol–water partition coefficient (Wildman–Crippen LogP) is 3.00. The van der Waals surface area contributed by atoms with Crippen LogP contribution in [0.1, 0.15) is 18.1 Å². The summed E-state index contributed by atoms with van der Waals surface area (Å²) in [6, 6.07) is 8.42. The van der Waals surface area contributed by atoms with Crippen molar-refractivity contribution in [2.75, 3.05) is 19.0 Å². The van der Waals surface area contributed by atoms with Crippen LogP contribution in [0.4, 0.5) is 4.39 Å². The van der Waals surface area contributed by atoms with Crippen molar-refractivity contribution in [3.63, 3.8) is 0 Å². The minimum atomic E-state index is -0.668. The maximum absolute atomic E-state index is 12.8. The zero-order valence-corrected chi connectivity index (χ0v) is 14.9. The Labute approximate surface area is 154 Å². The number of thioether (sulfide) groups is 1. The third-order valence-corrected chi connectivity index (χ3v) is 5.12. The van der Waals surface area contributed by atoms with E-state index in [2.05, 4.69) is 0 Å². The Morgan fingerprint density at radius 3 is 2.69 bits per heavy atom. The van der Waals surface area contributed by atoms with Crippen LogP contribution in [-0.2, 0) is 14.3 Å². The Hall–Kier alpha value is -2.48. The zero-order chi connectivity index (χ0) is 18.5. The van der Waals surface area contributed by atoms with Crippen molar-refractivity contribution < 1.29 is 27.9 Å². The van der Waals surface area contributed by atoms with Crippen LogP contribution < -0.4 is 4.74 Å². The lowest BCUT2D eigenvalue weighted by Crippen LogP contribution is -2.43. The van der Waals surface area contributed by atoms with Gasteiger partial charge in [0.05, 0.1) is 6.26 Å². The molecule has 3 rings (SSSR count). The molecule has 2 aromatic rings. The molecule has 138 valence electrons. The molecule has 0 saturated carbocycles. The molecule has 1 aliphatic heterocycles. The van der Waals surface area contributed by atoms with Gasteiger partial charge in [-0.05, 0) is 36.4 Å². The van der Waals surface area contributed by atoms with Crippen LogP contribution in [0.3, 0.4) is 0 Å². The minimum absolute atomic E-state index is 0.0362. The number of carbonyl (C=O) groups is 2. The van der Waals surface area contributed by atoms with E-state index in [-0.39, 0.29) is 30.3 Å². The number of rotatable bonds is 6. The fourth-order valence-electron chi connectivity index (χ4n) is 2.65. The number of ether oxygens (including phenoxy) is 2. The summed E-state index contributed by atoms with van der Waals surface area (Å²) in [7, 11) is 0. The molecule has 1 amide bonds. The number of carbonyl (C=O) groups excluding carboxylic acids is 2. The molecule has 0 spiro atoms. The Morgan fingerprint density at radius 2 is 2.04 bits per heavy atom. The van der Waals surface area contributed by atoms with Gasteiger partial charge < -0.3 is 18.8 Å². The summed E-state index contributed by atoms with van der Waals surface area (Å²) >= 11 is 1.45. The lowest BCUT2D eigenvalue weighted by atomic mass is 10.2. The van der Waals surface area contributed by atoms with Gasteiger partial charge in [-0.3, -0.25) is 4.79 Å². The van der Waals surface area contributed by atoms with Crippen LogP contribution in [0.15, 0.2) is 47.1 Å². The smallest absolute Gasteiger partial charge is 0.329 e. The predicted molar refractivity (Wildman–Crippen MR) is 93.1 cm³/mol. The lowest BCUT2D eigenvalue weighted by Gasteiger charge is -2.25. The molecule has 1 aromatic carbocycles. The summed E-state index contributed by atoms with van der Waals surface area (Å²) in [5.41, 5.74) is 0. The summed E-state index contributed by atoms with van der Waals surface area (Å²) in [4.78, 5) is 25.9. The lowest BCUT2D eigenvalue weighted by molar-refractivity contribution is -0.154. The molecule has 0 radical (unpaired) electrons. The van der Waals surface area contributed by atoms with Gasteiger partial charge in [-0.1, -0.05) is 0 Å². The topological polar surface area (TPSA) is 69.0 Å². The van der Waals surface area contributed by atoms with Crippen LogP contribution >= 0.6 is 11.8 Å². The molecule has 1 saturated heterocycles. The Kier molecular flexibility index (Phi) is 5.82. The van der Waals surface area contributed by atoms with Gasteiger partial charge in [-0.15, -0.1) is 11.8 Å². The quantitative estimate of drug-likeness (QED) is 0.568. The standard InChI is InChI=1S/C18H18FNO5S/c1-12(21)20-15(11-26-17(20)16-3-2-8-24-16)18(22)25-10-9-23-14-6-4-13(19)5-7-14/h2-8,15,17H,9-11H2,1H3/t15-,17-/m1/s1. The van der Waals surface area contributed by atoms with Gasteiger partial charge in [0.15, 0.2) is 0 Å². The molecule has 0 N–H and O–H groups in total. The van der Waals surface area contributed by atoms with E-state index in [1.807, 2.05) is 0 Å². The normalized spacial score (nSPS) is 19.4. The molecule has 2 atom stereocenters. The van der Waals surface area contributed by atoms with Gasteiger partial charge in [0.1, 0.15) is 42.0 Å². The fraction of sp³-hybridized carbons (Fsp3) is 0.333. The second kappa shape index (κ2) is 8.27. The van der Waals surface area contributed by atoms with Gasteiger partial charge in [0.25, 0.3) is 0 Å². The first kappa shape index (κ1) is 18.3. The number of benzene rings is 1. The largest absolute Gasteiger partial charge is 0.490 e. The van der Waals surface area contributed by atoms with Gasteiger partial charge in [0.2, 0.25) is 5.91 Å². The van der Waals surface area contributed by atoms with Crippen molar-refractivity contribution in [2.24, 2.45) is 0 Å². The average Bonchev–Trinajstić information content (AvgIpc) is 3.29. The van der Waals surface area contributed by atoms with E-state index in [1.165, 1.54) is 54.1 Å². The first-order valence-electron chi connectivity index (χ1n) is 8.05. The van der Waals surface area contributed by atoms with Gasteiger partial charge in [-0.25, -0.2) is 9.18 Å². The number of amides is 1. The summed E-state index contributed by atoms with van der Waals surface area (Å²) in [5.74, 6) is 0.494. The molecule has 6 nitrogen and oxygen atoms in total. The Bertz CT molecular complexity index is 749. The molecule has 0 bridgehead atoms. The van der Waals surface area contributed by atoms with E-state index in [4.69, 9.17) is 13.9 Å². The van der Waals surface area contributed by atoms with Crippen LogP contribution in [0.25, 0.3) is 0 Å². The molecule has 1 fully saturated rings. The molecule has 8 heteroatoms. The number of hydrogen-bond acceptors (Lipinski definition) is 6. The highest BCUT2D eigenvalue weighted by molar-refractivity contribution is 7.99.